The summed E-state index contributed by atoms with van der Waals surface area (Å²) in [6.45, 7) is 4.31. The van der Waals surface area contributed by atoms with Gasteiger partial charge in [-0.05, 0) is 17.0 Å². The van der Waals surface area contributed by atoms with Crippen LogP contribution in [0.2, 0.25) is 0 Å². The highest BCUT2D eigenvalue weighted by molar-refractivity contribution is 5.27. The standard InChI is InChI=1S/C10H16N2/c1-7(2)8-4-3-5-9(6-8)10(11)12/h3-7,10H,11-12H2,1-2H3. The molecular weight excluding hydrogens is 148 g/mol. The maximum atomic E-state index is 5.56. The highest BCUT2D eigenvalue weighted by atomic mass is 14.8. The minimum absolute atomic E-state index is 0.358. The van der Waals surface area contributed by atoms with Crippen LogP contribution in [-0.2, 0) is 0 Å². The molecule has 0 heterocycles. The molecule has 0 aliphatic carbocycles. The lowest BCUT2D eigenvalue weighted by Crippen LogP contribution is -2.20. The fourth-order valence-electron chi connectivity index (χ4n) is 1.13. The van der Waals surface area contributed by atoms with Crippen molar-refractivity contribution >= 4 is 0 Å². The Morgan fingerprint density at radius 2 is 1.67 bits per heavy atom. The Labute approximate surface area is 73.6 Å². The van der Waals surface area contributed by atoms with Gasteiger partial charge in [-0.15, -0.1) is 0 Å². The molecule has 0 atom stereocenters. The molecule has 0 saturated carbocycles. The van der Waals surface area contributed by atoms with Crippen molar-refractivity contribution in [2.45, 2.75) is 25.9 Å². The van der Waals surface area contributed by atoms with E-state index in [0.717, 1.165) is 5.56 Å². The maximum absolute atomic E-state index is 5.56. The third-order valence-electron chi connectivity index (χ3n) is 1.96. The van der Waals surface area contributed by atoms with Gasteiger partial charge in [0.1, 0.15) is 0 Å². The minimum Gasteiger partial charge on any atom is -0.312 e. The summed E-state index contributed by atoms with van der Waals surface area (Å²) in [5.74, 6) is 0.531. The van der Waals surface area contributed by atoms with E-state index in [9.17, 15) is 0 Å². The third kappa shape index (κ3) is 2.06. The van der Waals surface area contributed by atoms with E-state index in [1.165, 1.54) is 5.56 Å². The Hall–Kier alpha value is -0.860. The predicted octanol–water partition coefficient (Wildman–Crippen LogP) is 1.73. The van der Waals surface area contributed by atoms with Gasteiger partial charge in [0.25, 0.3) is 0 Å². The van der Waals surface area contributed by atoms with Crippen molar-refractivity contribution < 1.29 is 0 Å². The molecule has 0 amide bonds. The van der Waals surface area contributed by atoms with Gasteiger partial charge in [0.15, 0.2) is 0 Å². The number of benzene rings is 1. The molecule has 2 nitrogen and oxygen atoms in total. The van der Waals surface area contributed by atoms with Gasteiger partial charge in [-0.25, -0.2) is 0 Å². The van der Waals surface area contributed by atoms with Crippen LogP contribution in [-0.4, -0.2) is 0 Å². The molecule has 1 aromatic carbocycles. The highest BCUT2D eigenvalue weighted by Gasteiger charge is 2.02. The van der Waals surface area contributed by atoms with Crippen LogP contribution in [0.5, 0.6) is 0 Å². The van der Waals surface area contributed by atoms with Gasteiger partial charge in [0.2, 0.25) is 0 Å². The second kappa shape index (κ2) is 3.70. The van der Waals surface area contributed by atoms with Gasteiger partial charge >= 0.3 is 0 Å². The zero-order valence-electron chi connectivity index (χ0n) is 7.62. The average Bonchev–Trinajstić information content (AvgIpc) is 2.04. The van der Waals surface area contributed by atoms with Crippen LogP contribution in [0.1, 0.15) is 37.1 Å². The van der Waals surface area contributed by atoms with Crippen molar-refractivity contribution in [3.8, 4) is 0 Å². The van der Waals surface area contributed by atoms with Crippen LogP contribution < -0.4 is 11.5 Å². The first-order valence-electron chi connectivity index (χ1n) is 4.22. The molecule has 1 rings (SSSR count). The second-order valence-corrected chi connectivity index (χ2v) is 3.35. The predicted molar refractivity (Wildman–Crippen MR) is 51.6 cm³/mol. The molecule has 0 radical (unpaired) electrons. The van der Waals surface area contributed by atoms with E-state index in [0.29, 0.717) is 5.92 Å². The summed E-state index contributed by atoms with van der Waals surface area (Å²) in [5.41, 5.74) is 13.4. The van der Waals surface area contributed by atoms with Gasteiger partial charge in [-0.3, -0.25) is 0 Å². The SMILES string of the molecule is CC(C)c1cccc(C(N)N)c1. The molecule has 0 aromatic heterocycles. The Morgan fingerprint density at radius 1 is 1.08 bits per heavy atom. The lowest BCUT2D eigenvalue weighted by atomic mass is 10.0. The van der Waals surface area contributed by atoms with E-state index in [4.69, 9.17) is 11.5 Å². The normalized spacial score (nSPS) is 11.2. The van der Waals surface area contributed by atoms with Gasteiger partial charge < -0.3 is 11.5 Å². The zero-order chi connectivity index (χ0) is 9.14. The van der Waals surface area contributed by atoms with Crippen molar-refractivity contribution in [3.63, 3.8) is 0 Å². The fourth-order valence-corrected chi connectivity index (χ4v) is 1.13. The van der Waals surface area contributed by atoms with Crippen LogP contribution in [0.4, 0.5) is 0 Å². The second-order valence-electron chi connectivity index (χ2n) is 3.35. The summed E-state index contributed by atoms with van der Waals surface area (Å²) in [5, 5.41) is 0. The quantitative estimate of drug-likeness (QED) is 0.654. The summed E-state index contributed by atoms with van der Waals surface area (Å²) < 4.78 is 0. The Bertz CT molecular complexity index is 231. The van der Waals surface area contributed by atoms with E-state index in [1.807, 2.05) is 12.1 Å². The van der Waals surface area contributed by atoms with Crippen molar-refractivity contribution in [2.75, 3.05) is 0 Å². The number of rotatable bonds is 2. The van der Waals surface area contributed by atoms with Crippen LogP contribution in [0.15, 0.2) is 24.3 Å². The maximum Gasteiger partial charge on any atom is 0.0784 e. The topological polar surface area (TPSA) is 52.0 Å². The summed E-state index contributed by atoms with van der Waals surface area (Å²) in [7, 11) is 0. The monoisotopic (exact) mass is 164 g/mol. The summed E-state index contributed by atoms with van der Waals surface area (Å²) in [6, 6.07) is 8.11. The van der Waals surface area contributed by atoms with E-state index in [2.05, 4.69) is 26.0 Å². The molecule has 66 valence electrons. The van der Waals surface area contributed by atoms with E-state index >= 15 is 0 Å². The van der Waals surface area contributed by atoms with Crippen molar-refractivity contribution in [2.24, 2.45) is 11.5 Å². The van der Waals surface area contributed by atoms with Crippen LogP contribution in [0.25, 0.3) is 0 Å². The molecule has 0 aliphatic heterocycles. The largest absolute Gasteiger partial charge is 0.312 e. The first-order valence-corrected chi connectivity index (χ1v) is 4.22. The number of nitrogens with two attached hydrogens (primary N) is 2. The summed E-state index contributed by atoms with van der Waals surface area (Å²) >= 11 is 0. The van der Waals surface area contributed by atoms with Gasteiger partial charge in [-0.1, -0.05) is 38.1 Å². The lowest BCUT2D eigenvalue weighted by molar-refractivity contribution is 0.766. The molecule has 0 saturated heterocycles. The molecule has 1 aromatic rings. The van der Waals surface area contributed by atoms with Gasteiger partial charge in [-0.2, -0.15) is 0 Å². The summed E-state index contributed by atoms with van der Waals surface area (Å²) in [6.07, 6.45) is -0.358. The molecule has 0 bridgehead atoms. The third-order valence-corrected chi connectivity index (χ3v) is 1.96. The highest BCUT2D eigenvalue weighted by Crippen LogP contribution is 2.16. The number of hydrogen-bond acceptors (Lipinski definition) is 2. The van der Waals surface area contributed by atoms with Crippen molar-refractivity contribution in [1.82, 2.24) is 0 Å². The molecular formula is C10H16N2. The van der Waals surface area contributed by atoms with Gasteiger partial charge in [0.05, 0.1) is 6.17 Å². The smallest absolute Gasteiger partial charge is 0.0784 e. The van der Waals surface area contributed by atoms with E-state index in [-0.39, 0.29) is 6.17 Å². The molecule has 12 heavy (non-hydrogen) atoms. The molecule has 0 spiro atoms. The van der Waals surface area contributed by atoms with Crippen LogP contribution >= 0.6 is 0 Å². The van der Waals surface area contributed by atoms with Crippen LogP contribution in [0, 0.1) is 0 Å². The minimum atomic E-state index is -0.358. The van der Waals surface area contributed by atoms with Crippen LogP contribution in [0.3, 0.4) is 0 Å². The Morgan fingerprint density at radius 3 is 2.17 bits per heavy atom. The molecule has 0 unspecified atom stereocenters. The molecule has 4 N–H and O–H groups in total. The lowest BCUT2D eigenvalue weighted by Gasteiger charge is -2.10. The van der Waals surface area contributed by atoms with E-state index in [1.54, 1.807) is 0 Å². The first-order chi connectivity index (χ1) is 5.61. The Kier molecular flexibility index (Phi) is 2.84. The van der Waals surface area contributed by atoms with Gasteiger partial charge in [0, 0.05) is 0 Å². The number of hydrogen-bond donors (Lipinski definition) is 2. The van der Waals surface area contributed by atoms with Crippen molar-refractivity contribution in [1.29, 1.82) is 0 Å². The molecule has 2 heteroatoms. The first kappa shape index (κ1) is 9.23. The zero-order valence-corrected chi connectivity index (χ0v) is 7.62. The molecule has 0 aliphatic rings. The van der Waals surface area contributed by atoms with Crippen molar-refractivity contribution in [3.05, 3.63) is 35.4 Å². The van der Waals surface area contributed by atoms with E-state index < -0.39 is 0 Å². The summed E-state index contributed by atoms with van der Waals surface area (Å²) in [4.78, 5) is 0. The average molecular weight is 164 g/mol. The Balaban J connectivity index is 2.96. The molecule has 0 fully saturated rings. The fraction of sp³-hybridized carbons (Fsp3) is 0.400.